The molecule has 0 saturated heterocycles. The van der Waals surface area contributed by atoms with Gasteiger partial charge in [0, 0.05) is 16.1 Å². The van der Waals surface area contributed by atoms with E-state index in [0.717, 1.165) is 4.47 Å². The summed E-state index contributed by atoms with van der Waals surface area (Å²) in [5.41, 5.74) is 0.856. The molecule has 0 aliphatic carbocycles. The normalized spacial score (nSPS) is 9.90. The van der Waals surface area contributed by atoms with Crippen molar-refractivity contribution in [2.24, 2.45) is 0 Å². The van der Waals surface area contributed by atoms with Crippen molar-refractivity contribution in [2.45, 2.75) is 6.61 Å². The van der Waals surface area contributed by atoms with E-state index in [1.807, 2.05) is 6.07 Å². The number of nitriles is 1. The van der Waals surface area contributed by atoms with Crippen LogP contribution >= 0.6 is 15.9 Å². The highest BCUT2D eigenvalue weighted by atomic mass is 79.9. The summed E-state index contributed by atoms with van der Waals surface area (Å²) in [6.07, 6.45) is 0. The lowest BCUT2D eigenvalue weighted by molar-refractivity contribution is 0.297. The Hall–Kier alpha value is -2.06. The Morgan fingerprint density at radius 1 is 1.20 bits per heavy atom. The van der Waals surface area contributed by atoms with E-state index in [9.17, 15) is 4.39 Å². The van der Waals surface area contributed by atoms with Gasteiger partial charge in [-0.25, -0.2) is 4.39 Å². The lowest BCUT2D eigenvalue weighted by Gasteiger charge is -2.09. The largest absolute Gasteiger partial charge is 0.497 e. The van der Waals surface area contributed by atoms with Crippen LogP contribution in [0.4, 0.5) is 4.39 Å². The first-order valence-corrected chi connectivity index (χ1v) is 6.57. The molecule has 0 saturated carbocycles. The van der Waals surface area contributed by atoms with Gasteiger partial charge in [0.05, 0.1) is 18.7 Å². The van der Waals surface area contributed by atoms with Gasteiger partial charge in [-0.1, -0.05) is 15.9 Å². The van der Waals surface area contributed by atoms with Gasteiger partial charge in [0.2, 0.25) is 0 Å². The van der Waals surface area contributed by atoms with Gasteiger partial charge in [-0.15, -0.1) is 0 Å². The van der Waals surface area contributed by atoms with E-state index in [1.165, 1.54) is 13.2 Å². The van der Waals surface area contributed by atoms with Crippen LogP contribution in [-0.2, 0) is 6.61 Å². The molecule has 0 aliphatic heterocycles. The van der Waals surface area contributed by atoms with Crippen molar-refractivity contribution in [3.05, 3.63) is 57.8 Å². The molecule has 0 heterocycles. The van der Waals surface area contributed by atoms with Crippen LogP contribution in [0.3, 0.4) is 0 Å². The quantitative estimate of drug-likeness (QED) is 0.846. The lowest BCUT2D eigenvalue weighted by Crippen LogP contribution is -1.99. The number of halogens is 2. The number of nitrogens with zero attached hydrogens (tertiary/aromatic N) is 1. The standard InChI is InChI=1S/C15H11BrFNO2/c1-19-13-4-10(8-18)5-14(7-13)20-9-11-6-12(16)2-3-15(11)17/h2-7H,9H2,1H3. The van der Waals surface area contributed by atoms with Crippen LogP contribution in [0.25, 0.3) is 0 Å². The predicted octanol–water partition coefficient (Wildman–Crippen LogP) is 4.05. The van der Waals surface area contributed by atoms with Gasteiger partial charge in [0.25, 0.3) is 0 Å². The summed E-state index contributed by atoms with van der Waals surface area (Å²) in [5, 5.41) is 8.92. The van der Waals surface area contributed by atoms with Crippen LogP contribution in [0.5, 0.6) is 11.5 Å². The van der Waals surface area contributed by atoms with Crippen molar-refractivity contribution in [1.82, 2.24) is 0 Å². The molecular formula is C15H11BrFNO2. The van der Waals surface area contributed by atoms with E-state index in [2.05, 4.69) is 15.9 Å². The van der Waals surface area contributed by atoms with Crippen LogP contribution < -0.4 is 9.47 Å². The van der Waals surface area contributed by atoms with Crippen LogP contribution in [0.1, 0.15) is 11.1 Å². The van der Waals surface area contributed by atoms with Crippen LogP contribution in [-0.4, -0.2) is 7.11 Å². The number of hydrogen-bond acceptors (Lipinski definition) is 3. The van der Waals surface area contributed by atoms with Crippen molar-refractivity contribution < 1.29 is 13.9 Å². The summed E-state index contributed by atoms with van der Waals surface area (Å²) < 4.78 is 25.0. The van der Waals surface area contributed by atoms with Crippen molar-refractivity contribution in [3.8, 4) is 17.6 Å². The van der Waals surface area contributed by atoms with Crippen LogP contribution in [0.15, 0.2) is 40.9 Å². The Labute approximate surface area is 124 Å². The highest BCUT2D eigenvalue weighted by Gasteiger charge is 2.06. The molecule has 5 heteroatoms. The van der Waals surface area contributed by atoms with Gasteiger partial charge < -0.3 is 9.47 Å². The average Bonchev–Trinajstić information content (AvgIpc) is 2.47. The topological polar surface area (TPSA) is 42.2 Å². The fourth-order valence-electron chi connectivity index (χ4n) is 1.65. The van der Waals surface area contributed by atoms with E-state index in [1.54, 1.807) is 30.3 Å². The zero-order valence-electron chi connectivity index (χ0n) is 10.7. The predicted molar refractivity (Wildman–Crippen MR) is 76.1 cm³/mol. The van der Waals surface area contributed by atoms with Gasteiger partial charge in [-0.2, -0.15) is 5.26 Å². The maximum Gasteiger partial charge on any atom is 0.129 e. The minimum absolute atomic E-state index is 0.0727. The summed E-state index contributed by atoms with van der Waals surface area (Å²) in [6.45, 7) is 0.0727. The van der Waals surface area contributed by atoms with Crippen molar-refractivity contribution in [2.75, 3.05) is 7.11 Å². The molecule has 2 aromatic rings. The fourth-order valence-corrected chi connectivity index (χ4v) is 2.06. The minimum Gasteiger partial charge on any atom is -0.497 e. The Morgan fingerprint density at radius 3 is 2.65 bits per heavy atom. The smallest absolute Gasteiger partial charge is 0.129 e. The maximum absolute atomic E-state index is 13.6. The third-order valence-corrected chi connectivity index (χ3v) is 3.14. The SMILES string of the molecule is COc1cc(C#N)cc(OCc2cc(Br)ccc2F)c1. The van der Waals surface area contributed by atoms with Crippen LogP contribution in [0, 0.1) is 17.1 Å². The molecule has 20 heavy (non-hydrogen) atoms. The number of rotatable bonds is 4. The van der Waals surface area contributed by atoms with Gasteiger partial charge in [0.15, 0.2) is 0 Å². The second kappa shape index (κ2) is 6.40. The zero-order chi connectivity index (χ0) is 14.5. The monoisotopic (exact) mass is 335 g/mol. The molecule has 0 aromatic heterocycles. The van der Waals surface area contributed by atoms with Gasteiger partial charge in [0.1, 0.15) is 23.9 Å². The zero-order valence-corrected chi connectivity index (χ0v) is 12.3. The van der Waals surface area contributed by atoms with Crippen LogP contribution in [0.2, 0.25) is 0 Å². The number of ether oxygens (including phenoxy) is 2. The molecule has 0 spiro atoms. The second-order valence-corrected chi connectivity index (χ2v) is 4.95. The first kappa shape index (κ1) is 14.4. The Bertz CT molecular complexity index is 667. The molecule has 0 unspecified atom stereocenters. The number of methoxy groups -OCH3 is 1. The Morgan fingerprint density at radius 2 is 1.95 bits per heavy atom. The molecule has 102 valence electrons. The number of hydrogen-bond donors (Lipinski definition) is 0. The molecule has 0 amide bonds. The van der Waals surface area contributed by atoms with E-state index >= 15 is 0 Å². The maximum atomic E-state index is 13.6. The Balaban J connectivity index is 2.18. The van der Waals surface area contributed by atoms with E-state index in [4.69, 9.17) is 14.7 Å². The van der Waals surface area contributed by atoms with E-state index in [-0.39, 0.29) is 12.4 Å². The summed E-state index contributed by atoms with van der Waals surface area (Å²) in [5.74, 6) is 0.644. The molecule has 3 nitrogen and oxygen atoms in total. The molecular weight excluding hydrogens is 325 g/mol. The molecule has 2 aromatic carbocycles. The third kappa shape index (κ3) is 3.49. The van der Waals surface area contributed by atoms with Gasteiger partial charge >= 0.3 is 0 Å². The molecule has 0 aliphatic rings. The highest BCUT2D eigenvalue weighted by molar-refractivity contribution is 9.10. The Kier molecular flexibility index (Phi) is 4.59. The van der Waals surface area contributed by atoms with Gasteiger partial charge in [-0.05, 0) is 30.3 Å². The first-order valence-electron chi connectivity index (χ1n) is 5.78. The molecule has 0 atom stereocenters. The summed E-state index contributed by atoms with van der Waals surface area (Å²) in [7, 11) is 1.51. The summed E-state index contributed by atoms with van der Waals surface area (Å²) in [4.78, 5) is 0. The number of benzene rings is 2. The molecule has 0 fully saturated rings. The van der Waals surface area contributed by atoms with Crippen molar-refractivity contribution >= 4 is 15.9 Å². The average molecular weight is 336 g/mol. The molecule has 0 radical (unpaired) electrons. The van der Waals surface area contributed by atoms with E-state index in [0.29, 0.717) is 22.6 Å². The second-order valence-electron chi connectivity index (χ2n) is 4.03. The summed E-state index contributed by atoms with van der Waals surface area (Å²) >= 11 is 3.28. The van der Waals surface area contributed by atoms with Crippen molar-refractivity contribution in [3.63, 3.8) is 0 Å². The fraction of sp³-hybridized carbons (Fsp3) is 0.133. The third-order valence-electron chi connectivity index (χ3n) is 2.65. The van der Waals surface area contributed by atoms with E-state index < -0.39 is 0 Å². The highest BCUT2D eigenvalue weighted by Crippen LogP contribution is 2.24. The molecule has 2 rings (SSSR count). The molecule has 0 N–H and O–H groups in total. The molecule has 0 bridgehead atoms. The van der Waals surface area contributed by atoms with Gasteiger partial charge in [-0.3, -0.25) is 0 Å². The van der Waals surface area contributed by atoms with Crippen molar-refractivity contribution in [1.29, 1.82) is 5.26 Å². The minimum atomic E-state index is -0.336. The first-order chi connectivity index (χ1) is 9.62. The summed E-state index contributed by atoms with van der Waals surface area (Å²) in [6, 6.07) is 11.5. The lowest BCUT2D eigenvalue weighted by atomic mass is 10.2.